The highest BCUT2D eigenvalue weighted by atomic mass is 16.4. The lowest BCUT2D eigenvalue weighted by atomic mass is 9.88. The van der Waals surface area contributed by atoms with Crippen LogP contribution in [0.2, 0.25) is 0 Å². The minimum absolute atomic E-state index is 0.139. The molecule has 2 aliphatic carbocycles. The summed E-state index contributed by atoms with van der Waals surface area (Å²) in [6.45, 7) is 4.40. The summed E-state index contributed by atoms with van der Waals surface area (Å²) in [5.74, 6) is 0.989. The van der Waals surface area contributed by atoms with E-state index in [9.17, 15) is 15.0 Å². The van der Waals surface area contributed by atoms with Gasteiger partial charge in [-0.3, -0.25) is 4.79 Å². The van der Waals surface area contributed by atoms with Crippen molar-refractivity contribution in [2.45, 2.75) is 96.7 Å². The van der Waals surface area contributed by atoms with Crippen LogP contribution in [0, 0.1) is 23.7 Å². The number of unbranched alkanes of at least 4 members (excludes halogenated alkanes) is 1. The van der Waals surface area contributed by atoms with Gasteiger partial charge in [-0.25, -0.2) is 0 Å². The number of carboxylic acid groups (broad SMARTS) is 1. The summed E-state index contributed by atoms with van der Waals surface area (Å²) in [6, 6.07) is 0. The summed E-state index contributed by atoms with van der Waals surface area (Å²) in [5.41, 5.74) is 1.43. The molecule has 2 fully saturated rings. The molecule has 0 unspecified atom stereocenters. The number of hydrogen-bond donors (Lipinski definition) is 3. The van der Waals surface area contributed by atoms with Crippen molar-refractivity contribution in [3.63, 3.8) is 0 Å². The Balaban J connectivity index is 1.86. The van der Waals surface area contributed by atoms with E-state index in [0.29, 0.717) is 24.2 Å². The Labute approximate surface area is 170 Å². The molecule has 28 heavy (non-hydrogen) atoms. The van der Waals surface area contributed by atoms with E-state index in [4.69, 9.17) is 5.11 Å². The van der Waals surface area contributed by atoms with Crippen LogP contribution in [-0.2, 0) is 4.79 Å². The first-order valence-electron chi connectivity index (χ1n) is 11.4. The van der Waals surface area contributed by atoms with Crippen molar-refractivity contribution >= 4 is 5.97 Å². The first kappa shape index (κ1) is 23.2. The van der Waals surface area contributed by atoms with Gasteiger partial charge in [-0.1, -0.05) is 63.3 Å². The molecule has 0 aliphatic heterocycles. The second-order valence-corrected chi connectivity index (χ2v) is 8.99. The number of carbonyl (C=O) groups is 1. The van der Waals surface area contributed by atoms with Gasteiger partial charge >= 0.3 is 5.97 Å². The van der Waals surface area contributed by atoms with Crippen LogP contribution in [0.25, 0.3) is 0 Å². The van der Waals surface area contributed by atoms with Crippen LogP contribution in [0.1, 0.15) is 84.5 Å². The number of allylic oxidation sites excluding steroid dienone is 2. The van der Waals surface area contributed by atoms with Gasteiger partial charge in [-0.15, -0.1) is 0 Å². The monoisotopic (exact) mass is 392 g/mol. The molecule has 0 saturated heterocycles. The summed E-state index contributed by atoms with van der Waals surface area (Å²) < 4.78 is 0. The van der Waals surface area contributed by atoms with Gasteiger partial charge in [-0.2, -0.15) is 0 Å². The van der Waals surface area contributed by atoms with Gasteiger partial charge in [0, 0.05) is 12.3 Å². The lowest BCUT2D eigenvalue weighted by Crippen LogP contribution is -2.18. The van der Waals surface area contributed by atoms with Crippen molar-refractivity contribution in [3.05, 3.63) is 23.8 Å². The van der Waals surface area contributed by atoms with E-state index in [1.165, 1.54) is 18.4 Å². The molecule has 0 aromatic rings. The van der Waals surface area contributed by atoms with Crippen LogP contribution in [0.5, 0.6) is 0 Å². The molecule has 0 bridgehead atoms. The minimum atomic E-state index is -0.728. The second-order valence-electron chi connectivity index (χ2n) is 8.99. The molecular weight excluding hydrogens is 352 g/mol. The van der Waals surface area contributed by atoms with Crippen LogP contribution in [0.4, 0.5) is 0 Å². The number of aliphatic hydroxyl groups excluding tert-OH is 2. The minimum Gasteiger partial charge on any atom is -0.481 e. The molecule has 0 amide bonds. The zero-order valence-corrected chi connectivity index (χ0v) is 17.7. The fourth-order valence-corrected chi connectivity index (χ4v) is 5.37. The van der Waals surface area contributed by atoms with E-state index in [1.54, 1.807) is 0 Å². The van der Waals surface area contributed by atoms with Crippen molar-refractivity contribution in [1.29, 1.82) is 0 Å². The van der Waals surface area contributed by atoms with Crippen LogP contribution >= 0.6 is 0 Å². The molecule has 0 radical (unpaired) electrons. The molecule has 0 aromatic carbocycles. The van der Waals surface area contributed by atoms with Gasteiger partial charge in [0.15, 0.2) is 0 Å². The quantitative estimate of drug-likeness (QED) is 0.319. The van der Waals surface area contributed by atoms with E-state index in [-0.39, 0.29) is 18.4 Å². The molecule has 0 spiro atoms. The third kappa shape index (κ3) is 7.04. The Morgan fingerprint density at radius 1 is 1.21 bits per heavy atom. The highest BCUT2D eigenvalue weighted by molar-refractivity contribution is 5.66. The smallest absolute Gasteiger partial charge is 0.303 e. The fraction of sp³-hybridized carbons (Fsp3) is 0.792. The third-order valence-electron chi connectivity index (χ3n) is 6.66. The Morgan fingerprint density at radius 2 is 1.93 bits per heavy atom. The van der Waals surface area contributed by atoms with E-state index in [1.807, 2.05) is 6.08 Å². The molecule has 0 aromatic heterocycles. The average Bonchev–Trinajstić information content (AvgIpc) is 3.14. The summed E-state index contributed by atoms with van der Waals surface area (Å²) in [6.07, 6.45) is 15.7. The van der Waals surface area contributed by atoms with Gasteiger partial charge in [0.25, 0.3) is 0 Å². The summed E-state index contributed by atoms with van der Waals surface area (Å²) in [4.78, 5) is 10.6. The number of aliphatic carboxylic acids is 1. The van der Waals surface area contributed by atoms with Crippen LogP contribution in [0.15, 0.2) is 23.8 Å². The van der Waals surface area contributed by atoms with E-state index in [0.717, 1.165) is 44.9 Å². The molecule has 5 atom stereocenters. The van der Waals surface area contributed by atoms with E-state index >= 15 is 0 Å². The molecule has 3 N–H and O–H groups in total. The molecule has 2 aliphatic rings. The molecule has 4 heteroatoms. The van der Waals surface area contributed by atoms with Crippen molar-refractivity contribution in [1.82, 2.24) is 0 Å². The van der Waals surface area contributed by atoms with Crippen LogP contribution in [-0.4, -0.2) is 33.5 Å². The summed E-state index contributed by atoms with van der Waals surface area (Å²) >= 11 is 0. The van der Waals surface area contributed by atoms with Gasteiger partial charge in [-0.05, 0) is 56.3 Å². The van der Waals surface area contributed by atoms with Gasteiger partial charge in [0.2, 0.25) is 0 Å². The van der Waals surface area contributed by atoms with E-state index < -0.39 is 12.1 Å². The Morgan fingerprint density at radius 3 is 2.57 bits per heavy atom. The van der Waals surface area contributed by atoms with Gasteiger partial charge < -0.3 is 15.3 Å². The summed E-state index contributed by atoms with van der Waals surface area (Å²) in [7, 11) is 0. The Hall–Kier alpha value is -1.13. The molecule has 0 heterocycles. The van der Waals surface area contributed by atoms with Gasteiger partial charge in [0.1, 0.15) is 0 Å². The first-order valence-corrected chi connectivity index (χ1v) is 11.4. The zero-order valence-electron chi connectivity index (χ0n) is 17.7. The first-order chi connectivity index (χ1) is 13.4. The maximum atomic E-state index is 10.6. The number of hydrogen-bond acceptors (Lipinski definition) is 3. The predicted octanol–water partition coefficient (Wildman–Crippen LogP) is 5.10. The largest absolute Gasteiger partial charge is 0.481 e. The van der Waals surface area contributed by atoms with Crippen molar-refractivity contribution < 1.29 is 20.1 Å². The third-order valence-corrected chi connectivity index (χ3v) is 6.66. The lowest BCUT2D eigenvalue weighted by molar-refractivity contribution is -0.137. The van der Waals surface area contributed by atoms with Crippen molar-refractivity contribution in [3.8, 4) is 0 Å². The topological polar surface area (TPSA) is 77.8 Å². The maximum Gasteiger partial charge on any atom is 0.303 e. The molecular formula is C24H40O4. The maximum absolute atomic E-state index is 10.6. The van der Waals surface area contributed by atoms with Crippen molar-refractivity contribution in [2.75, 3.05) is 0 Å². The second kappa shape index (κ2) is 11.8. The number of rotatable bonds is 12. The SMILES string of the molecule is CCCC(CCC)C[C@@H](O)C=C[C@@H]1[C@H]2CC(=CCCCC(=O)O)C[C@@H]2C[C@H]1O. The Kier molecular flexibility index (Phi) is 9.73. The zero-order chi connectivity index (χ0) is 20.5. The average molecular weight is 393 g/mol. The predicted molar refractivity (Wildman–Crippen MR) is 113 cm³/mol. The van der Waals surface area contributed by atoms with E-state index in [2.05, 4.69) is 26.0 Å². The molecule has 4 nitrogen and oxygen atoms in total. The lowest BCUT2D eigenvalue weighted by Gasteiger charge is -2.20. The fourth-order valence-electron chi connectivity index (χ4n) is 5.37. The normalized spacial score (nSPS) is 29.8. The highest BCUT2D eigenvalue weighted by Crippen LogP contribution is 2.50. The standard InChI is InChI=1S/C24H40O4/c1-3-7-17(8-4-2)14-20(25)11-12-21-22-15-18(9-5-6-10-24(27)28)13-19(22)16-23(21)26/h9,11-12,17,19-23,25-26H,3-8,10,13-16H2,1-2H3,(H,27,28)/t19-,20+,21-,22+,23-/m1/s1. The van der Waals surface area contributed by atoms with Crippen molar-refractivity contribution in [2.24, 2.45) is 23.7 Å². The molecule has 160 valence electrons. The number of carboxylic acids is 1. The number of fused-ring (bicyclic) bond motifs is 1. The molecule has 2 saturated carbocycles. The molecule has 2 rings (SSSR count). The van der Waals surface area contributed by atoms with Crippen LogP contribution < -0.4 is 0 Å². The highest BCUT2D eigenvalue weighted by Gasteiger charge is 2.44. The van der Waals surface area contributed by atoms with Crippen LogP contribution in [0.3, 0.4) is 0 Å². The summed E-state index contributed by atoms with van der Waals surface area (Å²) in [5, 5.41) is 29.7. The van der Waals surface area contributed by atoms with Gasteiger partial charge in [0.05, 0.1) is 12.2 Å². The Bertz CT molecular complexity index is 533. The number of aliphatic hydroxyl groups is 2.